The molecule has 0 fully saturated rings. The largest absolute Gasteiger partial charge is 0.495 e. The number of amides is 1. The third-order valence-corrected chi connectivity index (χ3v) is 2.74. The highest BCUT2D eigenvalue weighted by Gasteiger charge is 2.15. The number of methoxy groups -OCH3 is 1. The van der Waals surface area contributed by atoms with Gasteiger partial charge in [0.05, 0.1) is 18.5 Å². The summed E-state index contributed by atoms with van der Waals surface area (Å²) in [5.74, 6) is -4.22. The van der Waals surface area contributed by atoms with Crippen molar-refractivity contribution in [3.8, 4) is 5.75 Å². The molecule has 2 aromatic rings. The van der Waals surface area contributed by atoms with Gasteiger partial charge in [-0.15, -0.1) is 0 Å². The number of benzene rings is 2. The normalized spacial score (nSPS) is 10.3. The van der Waals surface area contributed by atoms with Crippen LogP contribution in [0.4, 0.5) is 24.5 Å². The van der Waals surface area contributed by atoms with E-state index in [9.17, 15) is 18.0 Å². The molecule has 3 N–H and O–H groups in total. The fourth-order valence-corrected chi connectivity index (χ4v) is 1.69. The van der Waals surface area contributed by atoms with E-state index in [0.717, 1.165) is 0 Å². The van der Waals surface area contributed by atoms with E-state index < -0.39 is 29.0 Å². The van der Waals surface area contributed by atoms with E-state index in [0.29, 0.717) is 17.8 Å². The Hall–Kier alpha value is -2.70. The SMILES string of the molecule is COc1cc(C(=O)Nc2cc(F)cc(F)c2F)ccc1N. The fraction of sp³-hybridized carbons (Fsp3) is 0.0714. The highest BCUT2D eigenvalue weighted by molar-refractivity contribution is 6.04. The first-order valence-corrected chi connectivity index (χ1v) is 5.81. The summed E-state index contributed by atoms with van der Waals surface area (Å²) < 4.78 is 44.5. The smallest absolute Gasteiger partial charge is 0.255 e. The maximum atomic E-state index is 13.5. The lowest BCUT2D eigenvalue weighted by Crippen LogP contribution is -2.14. The standard InChI is InChI=1S/C14H11F3N2O2/c1-21-12-4-7(2-3-10(12)18)14(20)19-11-6-8(15)5-9(16)13(11)17/h2-6H,18H2,1H3,(H,19,20). The fourth-order valence-electron chi connectivity index (χ4n) is 1.69. The molecule has 0 spiro atoms. The zero-order chi connectivity index (χ0) is 15.6. The Bertz CT molecular complexity index is 705. The van der Waals surface area contributed by atoms with E-state index in [2.05, 4.69) is 5.32 Å². The quantitative estimate of drug-likeness (QED) is 0.676. The van der Waals surface area contributed by atoms with Crippen molar-refractivity contribution in [3.05, 3.63) is 53.3 Å². The van der Waals surface area contributed by atoms with Crippen LogP contribution < -0.4 is 15.8 Å². The van der Waals surface area contributed by atoms with Gasteiger partial charge in [-0.05, 0) is 18.2 Å². The minimum atomic E-state index is -1.39. The van der Waals surface area contributed by atoms with Crippen LogP contribution in [0.15, 0.2) is 30.3 Å². The van der Waals surface area contributed by atoms with Crippen LogP contribution in [0.1, 0.15) is 10.4 Å². The summed E-state index contributed by atoms with van der Waals surface area (Å²) in [6.07, 6.45) is 0. The maximum Gasteiger partial charge on any atom is 0.255 e. The number of rotatable bonds is 3. The Morgan fingerprint density at radius 2 is 1.90 bits per heavy atom. The van der Waals surface area contributed by atoms with E-state index in [4.69, 9.17) is 10.5 Å². The number of hydrogen-bond acceptors (Lipinski definition) is 3. The monoisotopic (exact) mass is 296 g/mol. The second-order valence-electron chi connectivity index (χ2n) is 4.16. The van der Waals surface area contributed by atoms with Crippen molar-refractivity contribution < 1.29 is 22.7 Å². The van der Waals surface area contributed by atoms with Crippen LogP contribution in [-0.4, -0.2) is 13.0 Å². The molecule has 7 heteroatoms. The molecule has 0 bridgehead atoms. The van der Waals surface area contributed by atoms with Gasteiger partial charge >= 0.3 is 0 Å². The first-order chi connectivity index (χ1) is 9.92. The van der Waals surface area contributed by atoms with Crippen molar-refractivity contribution in [1.82, 2.24) is 0 Å². The average Bonchev–Trinajstić information content (AvgIpc) is 2.44. The third kappa shape index (κ3) is 3.07. The molecule has 2 aromatic carbocycles. The minimum Gasteiger partial charge on any atom is -0.495 e. The zero-order valence-electron chi connectivity index (χ0n) is 10.9. The molecule has 21 heavy (non-hydrogen) atoms. The summed E-state index contributed by atoms with van der Waals surface area (Å²) in [4.78, 5) is 11.9. The van der Waals surface area contributed by atoms with Crippen molar-refractivity contribution in [2.45, 2.75) is 0 Å². The van der Waals surface area contributed by atoms with Gasteiger partial charge in [-0.25, -0.2) is 13.2 Å². The number of carbonyl (C=O) groups excluding carboxylic acids is 1. The molecule has 0 aromatic heterocycles. The number of hydrogen-bond donors (Lipinski definition) is 2. The van der Waals surface area contributed by atoms with Crippen LogP contribution in [0, 0.1) is 17.5 Å². The lowest BCUT2D eigenvalue weighted by molar-refractivity contribution is 0.102. The molecule has 4 nitrogen and oxygen atoms in total. The molecule has 2 rings (SSSR count). The second-order valence-corrected chi connectivity index (χ2v) is 4.16. The highest BCUT2D eigenvalue weighted by Crippen LogP contribution is 2.24. The van der Waals surface area contributed by atoms with Gasteiger partial charge in [-0.3, -0.25) is 4.79 Å². The molecule has 0 radical (unpaired) electrons. The van der Waals surface area contributed by atoms with Crippen molar-refractivity contribution in [3.63, 3.8) is 0 Å². The van der Waals surface area contributed by atoms with Gasteiger partial charge in [-0.2, -0.15) is 0 Å². The Labute approximate surface area is 118 Å². The summed E-state index contributed by atoms with van der Waals surface area (Å²) in [6, 6.07) is 5.21. The maximum absolute atomic E-state index is 13.5. The molecular weight excluding hydrogens is 285 g/mol. The summed E-state index contributed by atoms with van der Waals surface area (Å²) in [5, 5.41) is 2.09. The molecule has 0 aliphatic carbocycles. The number of halogens is 3. The summed E-state index contributed by atoms with van der Waals surface area (Å²) >= 11 is 0. The minimum absolute atomic E-state index is 0.102. The van der Waals surface area contributed by atoms with Crippen molar-refractivity contribution >= 4 is 17.3 Å². The molecule has 0 atom stereocenters. The Balaban J connectivity index is 2.30. The molecule has 0 aliphatic rings. The lowest BCUT2D eigenvalue weighted by Gasteiger charge is -2.09. The molecule has 0 saturated carbocycles. The topological polar surface area (TPSA) is 64.3 Å². The van der Waals surface area contributed by atoms with Gasteiger partial charge in [0.1, 0.15) is 11.6 Å². The molecular formula is C14H11F3N2O2. The van der Waals surface area contributed by atoms with Crippen LogP contribution >= 0.6 is 0 Å². The Morgan fingerprint density at radius 3 is 2.57 bits per heavy atom. The van der Waals surface area contributed by atoms with Crippen LogP contribution in [0.2, 0.25) is 0 Å². The van der Waals surface area contributed by atoms with Gasteiger partial charge in [0.15, 0.2) is 11.6 Å². The van der Waals surface area contributed by atoms with E-state index in [1.165, 1.54) is 25.3 Å². The van der Waals surface area contributed by atoms with Gasteiger partial charge < -0.3 is 15.8 Å². The van der Waals surface area contributed by atoms with Crippen LogP contribution in [-0.2, 0) is 0 Å². The first kappa shape index (κ1) is 14.7. The van der Waals surface area contributed by atoms with Crippen molar-refractivity contribution in [2.24, 2.45) is 0 Å². The number of anilines is 2. The lowest BCUT2D eigenvalue weighted by atomic mass is 10.1. The second kappa shape index (κ2) is 5.74. The molecule has 0 unspecified atom stereocenters. The summed E-state index contributed by atoms with van der Waals surface area (Å²) in [7, 11) is 1.37. The molecule has 0 aliphatic heterocycles. The van der Waals surface area contributed by atoms with E-state index in [-0.39, 0.29) is 11.3 Å². The number of nitrogen functional groups attached to an aromatic ring is 1. The van der Waals surface area contributed by atoms with Crippen LogP contribution in [0.25, 0.3) is 0 Å². The van der Waals surface area contributed by atoms with Gasteiger partial charge in [0.25, 0.3) is 5.91 Å². The van der Waals surface area contributed by atoms with E-state index >= 15 is 0 Å². The molecule has 0 saturated heterocycles. The first-order valence-electron chi connectivity index (χ1n) is 5.81. The third-order valence-electron chi connectivity index (χ3n) is 2.74. The van der Waals surface area contributed by atoms with Gasteiger partial charge in [0.2, 0.25) is 0 Å². The molecule has 0 heterocycles. The van der Waals surface area contributed by atoms with Gasteiger partial charge in [0, 0.05) is 17.7 Å². The zero-order valence-corrected chi connectivity index (χ0v) is 10.9. The predicted molar refractivity (Wildman–Crippen MR) is 71.7 cm³/mol. The van der Waals surface area contributed by atoms with Crippen LogP contribution in [0.3, 0.4) is 0 Å². The number of carbonyl (C=O) groups is 1. The van der Waals surface area contributed by atoms with Crippen LogP contribution in [0.5, 0.6) is 5.75 Å². The van der Waals surface area contributed by atoms with E-state index in [1.54, 1.807) is 0 Å². The van der Waals surface area contributed by atoms with E-state index in [1.807, 2.05) is 0 Å². The summed E-state index contributed by atoms with van der Waals surface area (Å²) in [5.41, 5.74) is 5.43. The number of nitrogens with two attached hydrogens (primary N) is 1. The molecule has 110 valence electrons. The average molecular weight is 296 g/mol. The highest BCUT2D eigenvalue weighted by atomic mass is 19.2. The number of nitrogens with one attached hydrogen (secondary N) is 1. The van der Waals surface area contributed by atoms with Crippen molar-refractivity contribution in [2.75, 3.05) is 18.2 Å². The predicted octanol–water partition coefficient (Wildman–Crippen LogP) is 2.95. The van der Waals surface area contributed by atoms with Crippen molar-refractivity contribution in [1.29, 1.82) is 0 Å². The molecule has 1 amide bonds. The van der Waals surface area contributed by atoms with Gasteiger partial charge in [-0.1, -0.05) is 0 Å². The Morgan fingerprint density at radius 1 is 1.19 bits per heavy atom. The number of ether oxygens (including phenoxy) is 1. The Kier molecular flexibility index (Phi) is 4.02. The summed E-state index contributed by atoms with van der Waals surface area (Å²) in [6.45, 7) is 0.